The van der Waals surface area contributed by atoms with Crippen LogP contribution in [0.3, 0.4) is 0 Å². The first-order valence-corrected chi connectivity index (χ1v) is 30.4. The van der Waals surface area contributed by atoms with Gasteiger partial charge in [-0.1, -0.05) is 61.0 Å². The average molecular weight is 1340 g/mol. The fourth-order valence-electron chi connectivity index (χ4n) is 9.85. The molecule has 0 aliphatic heterocycles. The number of carbonyl (C=O) groups excluding carboxylic acids is 6. The summed E-state index contributed by atoms with van der Waals surface area (Å²) < 4.78 is 65.1. The molecule has 93 heavy (non-hydrogen) atoms. The number of aromatic nitrogens is 2. The Bertz CT molecular complexity index is 3790. The molecule has 25 heteroatoms. The van der Waals surface area contributed by atoms with Crippen molar-refractivity contribution in [2.45, 2.75) is 89.9 Å². The van der Waals surface area contributed by atoms with Crippen LogP contribution in [0, 0.1) is 22.5 Å². The first-order chi connectivity index (χ1) is 44.4. The van der Waals surface area contributed by atoms with Crippen LogP contribution >= 0.6 is 23.2 Å². The van der Waals surface area contributed by atoms with E-state index < -0.39 is 58.0 Å². The molecule has 2 heterocycles. The zero-order chi connectivity index (χ0) is 65.4. The smallest absolute Gasteiger partial charge is 0.550 e. The van der Waals surface area contributed by atoms with E-state index in [1.54, 1.807) is 84.9 Å². The molecule has 8 aromatic rings. The number of ether oxygens (including phenoxy) is 6. The number of unbranched alkanes of at least 4 members (excludes halogenated alkanes) is 6. The average Bonchev–Trinajstić information content (AvgIpc) is 1.44. The molecule has 2 aliphatic carbocycles. The van der Waals surface area contributed by atoms with Gasteiger partial charge in [0, 0.05) is 92.2 Å². The van der Waals surface area contributed by atoms with Crippen LogP contribution in [0.15, 0.2) is 134 Å². The van der Waals surface area contributed by atoms with Gasteiger partial charge in [0.05, 0.1) is 38.5 Å². The molecule has 0 unspecified atom stereocenters. The van der Waals surface area contributed by atoms with E-state index in [1.165, 1.54) is 50.9 Å². The zero-order valence-corrected chi connectivity index (χ0v) is 54.6. The number of nitrogens with one attached hydrogen (secondary N) is 4. The fraction of sp³-hybridized carbons (Fsp3) is 0.294. The van der Waals surface area contributed by atoms with Crippen molar-refractivity contribution in [2.75, 3.05) is 48.7 Å². The van der Waals surface area contributed by atoms with E-state index in [1.807, 2.05) is 0 Å². The normalized spacial score (nSPS) is 13.0. The summed E-state index contributed by atoms with van der Waals surface area (Å²) in [5.41, 5.74) is -0.0910. The molecule has 6 aromatic carbocycles. The van der Waals surface area contributed by atoms with Gasteiger partial charge in [-0.15, -0.1) is 0 Å². The number of carboxylic acids is 2. The van der Waals surface area contributed by atoms with Crippen LogP contribution in [-0.4, -0.2) is 111 Å². The van der Waals surface area contributed by atoms with E-state index >= 15 is 8.78 Å². The first-order valence-electron chi connectivity index (χ1n) is 29.7. The maximum Gasteiger partial charge on any atom is 2.00 e. The van der Waals surface area contributed by atoms with Crippen LogP contribution in [0.5, 0.6) is 46.0 Å². The minimum atomic E-state index is -1.24. The molecular weight excluding hydrogens is 1270 g/mol. The zero-order valence-electron chi connectivity index (χ0n) is 50.8. The van der Waals surface area contributed by atoms with Crippen LogP contribution in [0.25, 0.3) is 21.8 Å². The van der Waals surface area contributed by atoms with Crippen LogP contribution in [0.1, 0.15) is 89.9 Å². The van der Waals surface area contributed by atoms with E-state index in [2.05, 4.69) is 31.2 Å². The van der Waals surface area contributed by atoms with Gasteiger partial charge in [0.15, 0.2) is 46.1 Å². The molecule has 2 fully saturated rings. The van der Waals surface area contributed by atoms with E-state index in [0.29, 0.717) is 129 Å². The number of carboxylic acid groups (broad SMARTS) is 2. The Labute approximate surface area is 573 Å². The van der Waals surface area contributed by atoms with Crippen molar-refractivity contribution in [3.8, 4) is 46.0 Å². The number of rotatable bonds is 30. The summed E-state index contributed by atoms with van der Waals surface area (Å²) in [5, 5.41) is 33.9. The molecule has 2 aromatic heterocycles. The van der Waals surface area contributed by atoms with Gasteiger partial charge in [-0.25, -0.2) is 8.78 Å². The van der Waals surface area contributed by atoms with Gasteiger partial charge >= 0.3 is 37.7 Å². The molecule has 4 N–H and O–H groups in total. The van der Waals surface area contributed by atoms with Crippen molar-refractivity contribution in [1.29, 1.82) is 0 Å². The maximum absolute atomic E-state index is 15.2. The number of methoxy groups -OCH3 is 2. The Balaban J connectivity index is 0.000000236. The van der Waals surface area contributed by atoms with E-state index in [0.717, 1.165) is 50.7 Å². The summed E-state index contributed by atoms with van der Waals surface area (Å²) in [6.07, 6.45) is 10.4. The number of aliphatic carboxylic acids is 2. The molecule has 20 nitrogen and oxygen atoms in total. The Hall–Kier alpha value is -8.54. The number of hydrogen-bond acceptors (Lipinski definition) is 16. The standard InChI is InChI=1S/2C34H33ClFN3O7.Ca/c2*1-44-29-19-24-26(20-30(29)45-16-5-3-2-4-9-31(40)41)37-15-12-27(24)46-28-11-10-23(18-25(28)36)39-33(43)34(13-14-34)32(42)38-22-8-6-7-21(35)17-22;/h2*6-8,10-12,15,17-20H,2-5,9,13-14,16H2,1H3,(H,38,42)(H,39,43)(H,40,41);/q;;+2/p-2. The predicted molar refractivity (Wildman–Crippen MR) is 343 cm³/mol. The third-order valence-electron chi connectivity index (χ3n) is 15.3. The molecule has 0 atom stereocenters. The number of halogens is 4. The molecule has 2 aliphatic rings. The summed E-state index contributed by atoms with van der Waals surface area (Å²) in [6.45, 7) is 0.816. The minimum Gasteiger partial charge on any atom is -0.550 e. The largest absolute Gasteiger partial charge is 2.00 e. The Morgan fingerprint density at radius 2 is 0.817 bits per heavy atom. The molecular formula is C68H64CaCl2F2N6O14. The van der Waals surface area contributed by atoms with Crippen LogP contribution in [-0.2, 0) is 28.8 Å². The number of benzene rings is 6. The first kappa shape index (κ1) is 70.3. The Morgan fingerprint density at radius 3 is 1.15 bits per heavy atom. The van der Waals surface area contributed by atoms with Crippen molar-refractivity contribution < 1.29 is 76.2 Å². The molecule has 2 saturated carbocycles. The summed E-state index contributed by atoms with van der Waals surface area (Å²) in [4.78, 5) is 81.8. The van der Waals surface area contributed by atoms with Crippen LogP contribution < -0.4 is 59.9 Å². The topological polar surface area (TPSA) is 278 Å². The second kappa shape index (κ2) is 32.8. The quantitative estimate of drug-likeness (QED) is 0.0185. The van der Waals surface area contributed by atoms with Crippen LogP contribution in [0.2, 0.25) is 10.0 Å². The van der Waals surface area contributed by atoms with Gasteiger partial charge in [-0.05, 0) is 149 Å². The molecule has 0 saturated heterocycles. The summed E-state index contributed by atoms with van der Waals surface area (Å²) in [7, 11) is 3.01. The molecule has 10 rings (SSSR count). The van der Waals surface area contributed by atoms with E-state index in [-0.39, 0.29) is 73.5 Å². The SMILES string of the molecule is COc1cc2c(Oc3ccc(NC(=O)C4(C(=O)Nc5cccc(Cl)c5)CC4)cc3F)ccnc2cc1OCCCCCCC(=O)[O-].COc1cc2c(Oc3ccc(NC(=O)C4(C(=O)Nc5cccc(Cl)c5)CC4)cc3F)ccnc2cc1OCCCCCCC(=O)[O-].[Ca+2]. The van der Waals surface area contributed by atoms with E-state index in [9.17, 15) is 39.0 Å². The minimum absolute atomic E-state index is 0. The monoisotopic (exact) mass is 1340 g/mol. The third-order valence-corrected chi connectivity index (χ3v) is 15.7. The van der Waals surface area contributed by atoms with Crippen molar-refractivity contribution in [3.05, 3.63) is 155 Å². The van der Waals surface area contributed by atoms with Crippen molar-refractivity contribution >= 4 is 141 Å². The van der Waals surface area contributed by atoms with Gasteiger partial charge in [-0.2, -0.15) is 0 Å². The van der Waals surface area contributed by atoms with Gasteiger partial charge < -0.3 is 69.5 Å². The van der Waals surface area contributed by atoms with Gasteiger partial charge in [0.2, 0.25) is 23.6 Å². The van der Waals surface area contributed by atoms with Crippen molar-refractivity contribution in [1.82, 2.24) is 9.97 Å². The molecule has 0 spiro atoms. The number of hydrogen-bond donors (Lipinski definition) is 4. The number of fused-ring (bicyclic) bond motifs is 2. The van der Waals surface area contributed by atoms with E-state index in [4.69, 9.17) is 51.6 Å². The van der Waals surface area contributed by atoms with Crippen molar-refractivity contribution in [2.24, 2.45) is 10.8 Å². The van der Waals surface area contributed by atoms with Crippen molar-refractivity contribution in [3.63, 3.8) is 0 Å². The van der Waals surface area contributed by atoms with Crippen LogP contribution in [0.4, 0.5) is 31.5 Å². The Morgan fingerprint density at radius 1 is 0.452 bits per heavy atom. The second-order valence-electron chi connectivity index (χ2n) is 21.9. The summed E-state index contributed by atoms with van der Waals surface area (Å²) in [5.74, 6) is -3.15. The number of pyridine rings is 2. The summed E-state index contributed by atoms with van der Waals surface area (Å²) in [6, 6.07) is 31.3. The Kier molecular flexibility index (Phi) is 24.8. The van der Waals surface area contributed by atoms with Gasteiger partial charge in [-0.3, -0.25) is 29.1 Å². The third kappa shape index (κ3) is 18.8. The second-order valence-corrected chi connectivity index (χ2v) is 22.8. The molecule has 0 radical (unpaired) electrons. The fourth-order valence-corrected chi connectivity index (χ4v) is 10.2. The number of anilines is 4. The van der Waals surface area contributed by atoms with Gasteiger partial charge in [0.1, 0.15) is 22.3 Å². The molecule has 4 amide bonds. The number of carbonyl (C=O) groups is 6. The number of amides is 4. The molecule has 480 valence electrons. The number of nitrogens with zero attached hydrogens (tertiary/aromatic N) is 2. The summed E-state index contributed by atoms with van der Waals surface area (Å²) >= 11 is 12.0. The predicted octanol–water partition coefficient (Wildman–Crippen LogP) is 12.1. The maximum atomic E-state index is 15.2. The molecule has 0 bridgehead atoms. The van der Waals surface area contributed by atoms with Gasteiger partial charge in [0.25, 0.3) is 0 Å².